The SMILES string of the molecule is CC(C(C)(C)C)C(C)(C)C.CC(C)(C)C(C)(C)C(C)(C)C.CC(C)C(C)(C)C(C)(C)C.CC1(C)CCCCC1.CC1CCC(C)CC1.CC1CCCC[C@H]1C.CC1CCC[C@@H](C)C1.CCC1CCCCC1. The lowest BCUT2D eigenvalue weighted by molar-refractivity contribution is 0.00575. The van der Waals surface area contributed by atoms with Gasteiger partial charge in [-0.1, -0.05) is 343 Å². The standard InChI is InChI=1S/C11H24.2C10H22.5C8H16/c1-9(2,3)11(7,8)10(4,5)6;1-8(9(2,3)4)10(5,6)7;1-8(2)10(6,7)9(3,4)5;1-7-3-5-8(2)6-4-7;1-7-4-3-5-8(2)6-7;1-8(2)6-4-3-5-7-8;1-7-5-3-4-6-8(7)2;1-2-8-6-4-3-5-7-8/h1-8H3;2*8H,1-7H3;2*7-8H,3-6H2,1-2H3;3-7H2,1-2H3;7-8H,3-6H2,1-2H3;8H,2-7H2,1H3/t;;;;7-,8?;;7-,8?;/m....1.1./s1. The molecule has 5 aliphatic carbocycles. The Morgan fingerprint density at radius 3 is 0.859 bits per heavy atom. The molecule has 0 aromatic carbocycles. The van der Waals surface area contributed by atoms with Gasteiger partial charge in [0.25, 0.3) is 0 Å². The van der Waals surface area contributed by atoms with Crippen LogP contribution in [0.2, 0.25) is 0 Å². The molecule has 0 aliphatic heterocycles. The first-order valence-electron chi connectivity index (χ1n) is 31.9. The fourth-order valence-electron chi connectivity index (χ4n) is 11.1. The van der Waals surface area contributed by atoms with Gasteiger partial charge in [-0.3, -0.25) is 0 Å². The highest BCUT2D eigenvalue weighted by Gasteiger charge is 2.42. The third-order valence-corrected chi connectivity index (χ3v) is 21.3. The average molecular weight is 1000 g/mol. The van der Waals surface area contributed by atoms with E-state index in [4.69, 9.17) is 0 Å². The Balaban J connectivity index is -0.000000746. The van der Waals surface area contributed by atoms with Crippen molar-refractivity contribution in [2.45, 2.75) is 362 Å². The molecule has 0 amide bonds. The summed E-state index contributed by atoms with van der Waals surface area (Å²) in [5.41, 5.74) is 3.55. The summed E-state index contributed by atoms with van der Waals surface area (Å²) in [6.45, 7) is 72.3. The Hall–Kier alpha value is 0. The Morgan fingerprint density at radius 1 is 0.380 bits per heavy atom. The Morgan fingerprint density at radius 2 is 0.704 bits per heavy atom. The van der Waals surface area contributed by atoms with Crippen molar-refractivity contribution in [1.29, 1.82) is 0 Å². The van der Waals surface area contributed by atoms with E-state index in [0.717, 1.165) is 53.3 Å². The molecule has 0 bridgehead atoms. The molecule has 432 valence electrons. The van der Waals surface area contributed by atoms with Crippen LogP contribution < -0.4 is 0 Å². The zero-order chi connectivity index (χ0) is 56.5. The quantitative estimate of drug-likeness (QED) is 0.259. The van der Waals surface area contributed by atoms with E-state index in [1.807, 2.05) is 0 Å². The molecule has 0 saturated heterocycles. The topological polar surface area (TPSA) is 0 Å². The summed E-state index contributed by atoms with van der Waals surface area (Å²) in [6.07, 6.45) is 33.9. The molecule has 0 aromatic heterocycles. The number of hydrogen-bond donors (Lipinski definition) is 0. The third-order valence-electron chi connectivity index (χ3n) is 21.3. The average Bonchev–Trinajstić information content (AvgIpc) is 3.22. The van der Waals surface area contributed by atoms with Gasteiger partial charge in [-0.05, 0) is 116 Å². The highest BCUT2D eigenvalue weighted by atomic mass is 14.5. The Kier molecular flexibility index (Phi) is 36.8. The summed E-state index contributed by atoms with van der Waals surface area (Å²) >= 11 is 0. The zero-order valence-corrected chi connectivity index (χ0v) is 56.5. The van der Waals surface area contributed by atoms with E-state index in [-0.39, 0.29) is 0 Å². The first-order chi connectivity index (χ1) is 31.9. The van der Waals surface area contributed by atoms with Gasteiger partial charge in [0.1, 0.15) is 0 Å². The third kappa shape index (κ3) is 35.1. The molecule has 71 heavy (non-hydrogen) atoms. The van der Waals surface area contributed by atoms with E-state index < -0.39 is 0 Å². The van der Waals surface area contributed by atoms with E-state index in [1.54, 1.807) is 0 Å². The largest absolute Gasteiger partial charge is 0.0651 e. The lowest BCUT2D eigenvalue weighted by atomic mass is 9.56. The van der Waals surface area contributed by atoms with Crippen LogP contribution in [0.5, 0.6) is 0 Å². The van der Waals surface area contributed by atoms with Crippen LogP contribution in [0.25, 0.3) is 0 Å². The maximum Gasteiger partial charge on any atom is -0.0257 e. The summed E-state index contributed by atoms with van der Waals surface area (Å²) in [6, 6.07) is 0. The maximum absolute atomic E-state index is 2.38. The van der Waals surface area contributed by atoms with Crippen molar-refractivity contribution in [3.63, 3.8) is 0 Å². The van der Waals surface area contributed by atoms with Crippen molar-refractivity contribution < 1.29 is 0 Å². The minimum absolute atomic E-state index is 0.375. The normalized spacial score (nSPS) is 25.6. The molecule has 0 N–H and O–H groups in total. The van der Waals surface area contributed by atoms with Crippen molar-refractivity contribution >= 4 is 0 Å². The van der Waals surface area contributed by atoms with Crippen molar-refractivity contribution in [2.24, 2.45) is 96.6 Å². The molecule has 4 atom stereocenters. The van der Waals surface area contributed by atoms with Gasteiger partial charge in [-0.15, -0.1) is 0 Å². The second-order valence-corrected chi connectivity index (χ2v) is 33.3. The van der Waals surface area contributed by atoms with Gasteiger partial charge >= 0.3 is 0 Å². The van der Waals surface area contributed by atoms with Gasteiger partial charge in [0, 0.05) is 0 Å². The van der Waals surface area contributed by atoms with Gasteiger partial charge < -0.3 is 0 Å². The van der Waals surface area contributed by atoms with Crippen LogP contribution in [-0.4, -0.2) is 0 Å². The van der Waals surface area contributed by atoms with E-state index in [1.165, 1.54) is 148 Å². The smallest absolute Gasteiger partial charge is 0.0257 e. The monoisotopic (exact) mass is 1000 g/mol. The van der Waals surface area contributed by atoms with E-state index in [0.29, 0.717) is 43.3 Å². The lowest BCUT2D eigenvalue weighted by Gasteiger charge is -2.49. The molecular formula is C71H148. The molecule has 5 aliphatic rings. The van der Waals surface area contributed by atoms with Crippen LogP contribution in [-0.2, 0) is 0 Å². The van der Waals surface area contributed by atoms with E-state index >= 15 is 0 Å². The Labute approximate surface area is 456 Å². The summed E-state index contributed by atoms with van der Waals surface area (Å²) < 4.78 is 0. The van der Waals surface area contributed by atoms with Crippen molar-refractivity contribution in [2.75, 3.05) is 0 Å². The molecule has 5 rings (SSSR count). The molecule has 0 heterocycles. The minimum Gasteiger partial charge on any atom is -0.0651 e. The first kappa shape index (κ1) is 75.2. The van der Waals surface area contributed by atoms with Crippen molar-refractivity contribution in [3.8, 4) is 0 Å². The fraction of sp³-hybridized carbons (Fsp3) is 1.00. The van der Waals surface area contributed by atoms with Gasteiger partial charge in [0.2, 0.25) is 0 Å². The summed E-state index contributed by atoms with van der Waals surface area (Å²) in [5.74, 6) is 8.68. The van der Waals surface area contributed by atoms with Crippen LogP contribution >= 0.6 is 0 Å². The van der Waals surface area contributed by atoms with Crippen LogP contribution in [0.4, 0.5) is 0 Å². The zero-order valence-electron chi connectivity index (χ0n) is 56.5. The van der Waals surface area contributed by atoms with E-state index in [2.05, 4.69) is 215 Å². The van der Waals surface area contributed by atoms with Crippen LogP contribution in [0.1, 0.15) is 362 Å². The molecule has 0 radical (unpaired) electrons. The maximum atomic E-state index is 2.38. The molecule has 5 saturated carbocycles. The molecule has 2 unspecified atom stereocenters. The van der Waals surface area contributed by atoms with Gasteiger partial charge in [0.05, 0.1) is 0 Å². The second kappa shape index (κ2) is 34.7. The Bertz CT molecular complexity index is 1150. The fourth-order valence-corrected chi connectivity index (χ4v) is 11.1. The lowest BCUT2D eigenvalue weighted by Crippen LogP contribution is -2.41. The molecule has 0 heteroatoms. The molecule has 0 nitrogen and oxygen atoms in total. The predicted molar refractivity (Wildman–Crippen MR) is 333 cm³/mol. The van der Waals surface area contributed by atoms with Gasteiger partial charge in [-0.25, -0.2) is 0 Å². The highest BCUT2D eigenvalue weighted by molar-refractivity contribution is 4.91. The minimum atomic E-state index is 0.375. The molecule has 5 fully saturated rings. The van der Waals surface area contributed by atoms with E-state index in [9.17, 15) is 0 Å². The van der Waals surface area contributed by atoms with Crippen LogP contribution in [0, 0.1) is 96.6 Å². The van der Waals surface area contributed by atoms with Gasteiger partial charge in [-0.2, -0.15) is 0 Å². The molecular weight excluding hydrogens is 853 g/mol. The predicted octanol–water partition coefficient (Wildman–Crippen LogP) is 26.0. The summed E-state index contributed by atoms with van der Waals surface area (Å²) in [5, 5.41) is 0. The highest BCUT2D eigenvalue weighted by Crippen LogP contribution is 2.50. The summed E-state index contributed by atoms with van der Waals surface area (Å²) in [4.78, 5) is 0. The molecule has 0 aromatic rings. The van der Waals surface area contributed by atoms with Crippen LogP contribution in [0.3, 0.4) is 0 Å². The number of rotatable bonds is 2. The molecule has 0 spiro atoms. The van der Waals surface area contributed by atoms with Crippen molar-refractivity contribution in [3.05, 3.63) is 0 Å². The summed E-state index contributed by atoms with van der Waals surface area (Å²) in [7, 11) is 0. The second-order valence-electron chi connectivity index (χ2n) is 33.3. The first-order valence-corrected chi connectivity index (χ1v) is 31.9. The number of hydrogen-bond acceptors (Lipinski definition) is 0. The van der Waals surface area contributed by atoms with Gasteiger partial charge in [0.15, 0.2) is 0 Å². The van der Waals surface area contributed by atoms with Crippen LogP contribution in [0.15, 0.2) is 0 Å². The van der Waals surface area contributed by atoms with Crippen molar-refractivity contribution in [1.82, 2.24) is 0 Å².